The first-order valence-electron chi connectivity index (χ1n) is 8.49. The lowest BCUT2D eigenvalue weighted by molar-refractivity contribution is -0.0472. The molecule has 1 aliphatic rings. The van der Waals surface area contributed by atoms with Gasteiger partial charge in [0.2, 0.25) is 6.29 Å². The maximum absolute atomic E-state index is 12.5. The number of pyridine rings is 1. The molecule has 6 nitrogen and oxygen atoms in total. The average molecular weight is 382 g/mol. The van der Waals surface area contributed by atoms with Gasteiger partial charge in [0.25, 0.3) is 10.0 Å². The Hall–Kier alpha value is -2.74. The van der Waals surface area contributed by atoms with Crippen LogP contribution in [0.15, 0.2) is 77.8 Å². The number of sulfonamides is 1. The van der Waals surface area contributed by atoms with Crippen LogP contribution in [0.4, 0.5) is 5.69 Å². The van der Waals surface area contributed by atoms with Crippen molar-refractivity contribution in [3.05, 3.63) is 78.6 Å². The molecule has 2 heterocycles. The number of aromatic nitrogens is 1. The molecule has 0 radical (unpaired) electrons. The molecule has 1 saturated heterocycles. The number of nitrogens with one attached hydrogen (secondary N) is 1. The molecule has 0 saturated carbocycles. The van der Waals surface area contributed by atoms with E-state index in [1.54, 1.807) is 54.7 Å². The van der Waals surface area contributed by atoms with E-state index in [1.807, 2.05) is 18.2 Å². The van der Waals surface area contributed by atoms with E-state index in [1.165, 1.54) is 0 Å². The van der Waals surface area contributed by atoms with E-state index in [4.69, 9.17) is 9.47 Å². The highest BCUT2D eigenvalue weighted by Gasteiger charge is 2.20. The second kappa shape index (κ2) is 7.48. The third-order valence-electron chi connectivity index (χ3n) is 4.15. The monoisotopic (exact) mass is 382 g/mol. The Morgan fingerprint density at radius 2 is 1.63 bits per heavy atom. The zero-order valence-electron chi connectivity index (χ0n) is 14.4. The summed E-state index contributed by atoms with van der Waals surface area (Å²) < 4.78 is 38.7. The van der Waals surface area contributed by atoms with Gasteiger partial charge in [-0.15, -0.1) is 0 Å². The highest BCUT2D eigenvalue weighted by molar-refractivity contribution is 7.92. The van der Waals surface area contributed by atoms with Crippen LogP contribution < -0.4 is 4.72 Å². The van der Waals surface area contributed by atoms with Crippen molar-refractivity contribution in [2.45, 2.75) is 11.2 Å². The predicted octanol–water partition coefficient (Wildman–Crippen LogP) is 3.59. The number of hydrogen-bond acceptors (Lipinski definition) is 5. The zero-order chi connectivity index (χ0) is 18.7. The van der Waals surface area contributed by atoms with Gasteiger partial charge in [0.05, 0.1) is 23.8 Å². The van der Waals surface area contributed by atoms with E-state index in [-0.39, 0.29) is 4.90 Å². The van der Waals surface area contributed by atoms with E-state index in [0.29, 0.717) is 24.6 Å². The van der Waals surface area contributed by atoms with Gasteiger partial charge >= 0.3 is 0 Å². The van der Waals surface area contributed by atoms with Crippen LogP contribution in [0.25, 0.3) is 11.1 Å². The lowest BCUT2D eigenvalue weighted by atomic mass is 10.1. The maximum atomic E-state index is 12.5. The molecule has 0 unspecified atom stereocenters. The molecule has 3 aromatic rings. The molecular formula is C20H18N2O4S. The number of hydrogen-bond donors (Lipinski definition) is 1. The van der Waals surface area contributed by atoms with E-state index in [9.17, 15) is 8.42 Å². The van der Waals surface area contributed by atoms with Crippen molar-refractivity contribution in [1.82, 2.24) is 4.98 Å². The summed E-state index contributed by atoms with van der Waals surface area (Å²) in [5.74, 6) is 0. The third kappa shape index (κ3) is 4.00. The summed E-state index contributed by atoms with van der Waals surface area (Å²) in [4.78, 5) is 4.53. The lowest BCUT2D eigenvalue weighted by Gasteiger charge is -2.12. The van der Waals surface area contributed by atoms with Gasteiger partial charge in [0.15, 0.2) is 0 Å². The quantitative estimate of drug-likeness (QED) is 0.730. The van der Waals surface area contributed by atoms with Gasteiger partial charge in [-0.2, -0.15) is 0 Å². The maximum Gasteiger partial charge on any atom is 0.261 e. The summed E-state index contributed by atoms with van der Waals surface area (Å²) in [6.45, 7) is 1.10. The van der Waals surface area contributed by atoms with E-state index in [2.05, 4.69) is 9.71 Å². The van der Waals surface area contributed by atoms with Gasteiger partial charge in [0.1, 0.15) is 0 Å². The van der Waals surface area contributed by atoms with Crippen LogP contribution in [0.1, 0.15) is 12.0 Å². The molecule has 1 fully saturated rings. The van der Waals surface area contributed by atoms with E-state index < -0.39 is 16.3 Å². The Kier molecular flexibility index (Phi) is 4.89. The van der Waals surface area contributed by atoms with Crippen LogP contribution in [0, 0.1) is 0 Å². The van der Waals surface area contributed by atoms with Gasteiger partial charge in [0, 0.05) is 11.9 Å². The van der Waals surface area contributed by atoms with Gasteiger partial charge in [-0.25, -0.2) is 8.42 Å². The zero-order valence-corrected chi connectivity index (χ0v) is 15.2. The Bertz CT molecular complexity index is 1030. The Morgan fingerprint density at radius 3 is 2.41 bits per heavy atom. The van der Waals surface area contributed by atoms with Crippen molar-refractivity contribution in [2.75, 3.05) is 17.9 Å². The third-order valence-corrected chi connectivity index (χ3v) is 5.54. The molecule has 0 aliphatic carbocycles. The second-order valence-corrected chi connectivity index (χ2v) is 7.72. The van der Waals surface area contributed by atoms with Crippen molar-refractivity contribution >= 4 is 15.7 Å². The van der Waals surface area contributed by atoms with Crippen LogP contribution in [0.2, 0.25) is 0 Å². The summed E-state index contributed by atoms with van der Waals surface area (Å²) in [5.41, 5.74) is 2.95. The standard InChI is InChI=1S/C20H18N2O4S/c23-27(24,18-7-2-1-3-8-18)22-17-6-4-5-15(13-17)16-9-10-21-19(14-16)20-25-11-12-26-20/h1-10,13-14,20,22H,11-12H2. The fourth-order valence-electron chi connectivity index (χ4n) is 2.86. The van der Waals surface area contributed by atoms with Crippen molar-refractivity contribution in [1.29, 1.82) is 0 Å². The molecule has 0 amide bonds. The van der Waals surface area contributed by atoms with Crippen molar-refractivity contribution in [2.24, 2.45) is 0 Å². The largest absolute Gasteiger partial charge is 0.345 e. The number of nitrogens with zero attached hydrogens (tertiary/aromatic N) is 1. The van der Waals surface area contributed by atoms with Crippen LogP contribution in [0.5, 0.6) is 0 Å². The summed E-state index contributed by atoms with van der Waals surface area (Å²) in [6, 6.07) is 19.3. The summed E-state index contributed by atoms with van der Waals surface area (Å²) in [7, 11) is -3.64. The molecule has 1 N–H and O–H groups in total. The van der Waals surface area contributed by atoms with E-state index >= 15 is 0 Å². The number of rotatable bonds is 5. The normalized spacial score (nSPS) is 15.0. The van der Waals surface area contributed by atoms with Crippen molar-refractivity contribution in [3.8, 4) is 11.1 Å². The summed E-state index contributed by atoms with van der Waals surface area (Å²) in [5, 5.41) is 0. The second-order valence-electron chi connectivity index (χ2n) is 6.04. The molecule has 1 aliphatic heterocycles. The highest BCUT2D eigenvalue weighted by Crippen LogP contribution is 2.28. The van der Waals surface area contributed by atoms with Gasteiger partial charge in [-0.05, 0) is 47.5 Å². The van der Waals surface area contributed by atoms with Gasteiger partial charge in [-0.3, -0.25) is 9.71 Å². The smallest absolute Gasteiger partial charge is 0.261 e. The molecule has 1 aromatic heterocycles. The first kappa shape index (κ1) is 17.7. The summed E-state index contributed by atoms with van der Waals surface area (Å²) in [6.07, 6.45) is 1.24. The minimum absolute atomic E-state index is 0.220. The predicted molar refractivity (Wildman–Crippen MR) is 102 cm³/mol. The van der Waals surface area contributed by atoms with Crippen LogP contribution in [-0.2, 0) is 19.5 Å². The van der Waals surface area contributed by atoms with Crippen molar-refractivity contribution in [3.63, 3.8) is 0 Å². The van der Waals surface area contributed by atoms with Crippen LogP contribution >= 0.6 is 0 Å². The number of ether oxygens (including phenoxy) is 2. The lowest BCUT2D eigenvalue weighted by Crippen LogP contribution is -2.12. The fraction of sp³-hybridized carbons (Fsp3) is 0.150. The molecule has 27 heavy (non-hydrogen) atoms. The van der Waals surface area contributed by atoms with Gasteiger partial charge in [-0.1, -0.05) is 30.3 Å². The Morgan fingerprint density at radius 1 is 0.889 bits per heavy atom. The molecular weight excluding hydrogens is 364 g/mol. The number of anilines is 1. The van der Waals surface area contributed by atoms with Gasteiger partial charge < -0.3 is 9.47 Å². The molecule has 7 heteroatoms. The molecule has 138 valence electrons. The van der Waals surface area contributed by atoms with Crippen LogP contribution in [-0.4, -0.2) is 26.6 Å². The first-order chi connectivity index (χ1) is 13.1. The molecule has 0 spiro atoms. The Balaban J connectivity index is 1.61. The minimum Gasteiger partial charge on any atom is -0.345 e. The SMILES string of the molecule is O=S(=O)(Nc1cccc(-c2ccnc(C3OCCO3)c2)c1)c1ccccc1. The first-order valence-corrected chi connectivity index (χ1v) is 9.98. The van der Waals surface area contributed by atoms with Crippen LogP contribution in [0.3, 0.4) is 0 Å². The minimum atomic E-state index is -3.64. The number of benzene rings is 2. The summed E-state index contributed by atoms with van der Waals surface area (Å²) >= 11 is 0. The molecule has 0 bridgehead atoms. The van der Waals surface area contributed by atoms with Crippen molar-refractivity contribution < 1.29 is 17.9 Å². The Labute approximate surface area is 157 Å². The molecule has 2 aromatic carbocycles. The molecule has 0 atom stereocenters. The molecule has 4 rings (SSSR count). The van der Waals surface area contributed by atoms with E-state index in [0.717, 1.165) is 11.1 Å². The average Bonchev–Trinajstić information content (AvgIpc) is 3.24. The topological polar surface area (TPSA) is 77.5 Å². The highest BCUT2D eigenvalue weighted by atomic mass is 32.2. The fourth-order valence-corrected chi connectivity index (χ4v) is 3.93.